The number of hydrogen-bond donors (Lipinski definition) is 1. The van der Waals surface area contributed by atoms with Crippen LogP contribution in [-0.4, -0.2) is 59.9 Å². The predicted molar refractivity (Wildman–Crippen MR) is 62.6 cm³/mol. The van der Waals surface area contributed by atoms with Crippen LogP contribution in [0.2, 0.25) is 0 Å². The molecule has 1 fully saturated rings. The number of carbonyl (C=O) groups is 1. The molecular weight excluding hydrogens is 258 g/mol. The first-order valence-corrected chi connectivity index (χ1v) is 6.82. The molecule has 0 spiro atoms. The van der Waals surface area contributed by atoms with Crippen LogP contribution < -0.4 is 5.14 Å². The minimum Gasteiger partial charge on any atom is -0.336 e. The highest BCUT2D eigenvalue weighted by Gasteiger charge is 2.26. The van der Waals surface area contributed by atoms with E-state index in [9.17, 15) is 13.2 Å². The molecule has 2 rings (SSSR count). The van der Waals surface area contributed by atoms with Crippen molar-refractivity contribution in [3.63, 3.8) is 0 Å². The average Bonchev–Trinajstić information content (AvgIpc) is 2.38. The summed E-state index contributed by atoms with van der Waals surface area (Å²) in [7, 11) is -3.67. The summed E-state index contributed by atoms with van der Waals surface area (Å²) < 4.78 is 23.4. The van der Waals surface area contributed by atoms with E-state index in [0.717, 1.165) is 4.31 Å². The molecule has 9 heteroatoms. The van der Waals surface area contributed by atoms with Crippen LogP contribution in [0.1, 0.15) is 10.4 Å². The van der Waals surface area contributed by atoms with Gasteiger partial charge in [-0.05, 0) is 6.07 Å². The summed E-state index contributed by atoms with van der Waals surface area (Å²) in [5, 5.41) is 12.2. The average molecular weight is 271 g/mol. The molecule has 0 radical (unpaired) electrons. The second kappa shape index (κ2) is 4.96. The van der Waals surface area contributed by atoms with Gasteiger partial charge in [0, 0.05) is 26.2 Å². The van der Waals surface area contributed by atoms with E-state index in [2.05, 4.69) is 10.2 Å². The maximum absolute atomic E-state index is 12.0. The second-order valence-electron chi connectivity index (χ2n) is 3.87. The summed E-state index contributed by atoms with van der Waals surface area (Å²) >= 11 is 0. The molecular formula is C9H13N5O3S. The van der Waals surface area contributed by atoms with Gasteiger partial charge in [0.05, 0.1) is 18.0 Å². The maximum Gasteiger partial charge on any atom is 0.277 e. The smallest absolute Gasteiger partial charge is 0.277 e. The van der Waals surface area contributed by atoms with E-state index in [1.54, 1.807) is 11.0 Å². The highest BCUT2D eigenvalue weighted by Crippen LogP contribution is 2.08. The molecule has 1 saturated heterocycles. The summed E-state index contributed by atoms with van der Waals surface area (Å²) in [6.07, 6.45) is 2.82. The third-order valence-corrected chi connectivity index (χ3v) is 3.80. The Kier molecular flexibility index (Phi) is 3.55. The van der Waals surface area contributed by atoms with Crippen LogP contribution >= 0.6 is 0 Å². The molecule has 1 aromatic rings. The number of rotatable bonds is 2. The zero-order chi connectivity index (χ0) is 13.2. The Hall–Kier alpha value is -1.58. The lowest BCUT2D eigenvalue weighted by Crippen LogP contribution is -2.52. The molecule has 1 aromatic heterocycles. The van der Waals surface area contributed by atoms with E-state index in [1.165, 1.54) is 12.4 Å². The Labute approximate surface area is 105 Å². The number of amides is 1. The van der Waals surface area contributed by atoms with Gasteiger partial charge in [-0.1, -0.05) is 0 Å². The van der Waals surface area contributed by atoms with E-state index in [1.807, 2.05) is 0 Å². The molecule has 0 aliphatic carbocycles. The summed E-state index contributed by atoms with van der Waals surface area (Å²) in [5.41, 5.74) is 0.439. The molecule has 1 aliphatic rings. The van der Waals surface area contributed by atoms with Crippen molar-refractivity contribution in [3.05, 3.63) is 24.0 Å². The first-order valence-electron chi connectivity index (χ1n) is 5.32. The fraction of sp³-hybridized carbons (Fsp3) is 0.444. The number of nitrogens with two attached hydrogens (primary N) is 1. The maximum atomic E-state index is 12.0. The predicted octanol–water partition coefficient (Wildman–Crippen LogP) is -1.56. The van der Waals surface area contributed by atoms with Gasteiger partial charge in [-0.3, -0.25) is 4.79 Å². The molecule has 18 heavy (non-hydrogen) atoms. The normalized spacial score (nSPS) is 17.7. The second-order valence-corrected chi connectivity index (χ2v) is 5.41. The third kappa shape index (κ3) is 2.81. The van der Waals surface area contributed by atoms with E-state index >= 15 is 0 Å². The molecule has 0 aromatic carbocycles. The van der Waals surface area contributed by atoms with Crippen LogP contribution in [0, 0.1) is 0 Å². The summed E-state index contributed by atoms with van der Waals surface area (Å²) in [4.78, 5) is 13.6. The lowest BCUT2D eigenvalue weighted by Gasteiger charge is -2.32. The van der Waals surface area contributed by atoms with Gasteiger partial charge < -0.3 is 4.90 Å². The standard InChI is InChI=1S/C9H13N5O3S/c10-18(16,17)14-5-3-13(4-6-14)9(15)8-1-2-11-12-7-8/h1-2,7H,3-6H2,(H2,10,16,17). The molecule has 0 atom stereocenters. The van der Waals surface area contributed by atoms with Crippen LogP contribution in [0.3, 0.4) is 0 Å². The van der Waals surface area contributed by atoms with Gasteiger partial charge in [0.2, 0.25) is 0 Å². The third-order valence-electron chi connectivity index (χ3n) is 2.72. The van der Waals surface area contributed by atoms with Crippen molar-refractivity contribution in [2.24, 2.45) is 5.14 Å². The zero-order valence-corrected chi connectivity index (χ0v) is 10.4. The Balaban J connectivity index is 2.01. The molecule has 2 heterocycles. The monoisotopic (exact) mass is 271 g/mol. The minimum atomic E-state index is -3.67. The highest BCUT2D eigenvalue weighted by molar-refractivity contribution is 7.86. The Morgan fingerprint density at radius 3 is 2.39 bits per heavy atom. The quantitative estimate of drug-likeness (QED) is 0.699. The first kappa shape index (κ1) is 12.9. The fourth-order valence-corrected chi connectivity index (χ4v) is 2.42. The van der Waals surface area contributed by atoms with Gasteiger partial charge in [0.25, 0.3) is 16.1 Å². The molecule has 0 bridgehead atoms. The van der Waals surface area contributed by atoms with Gasteiger partial charge in [0.1, 0.15) is 0 Å². The minimum absolute atomic E-state index is 0.182. The van der Waals surface area contributed by atoms with Crippen LogP contribution in [-0.2, 0) is 10.2 Å². The first-order chi connectivity index (χ1) is 8.48. The van der Waals surface area contributed by atoms with Gasteiger partial charge in [-0.25, -0.2) is 5.14 Å². The summed E-state index contributed by atoms with van der Waals surface area (Å²) in [5.74, 6) is -0.182. The molecule has 1 aliphatic heterocycles. The van der Waals surface area contributed by atoms with Crippen molar-refractivity contribution in [3.8, 4) is 0 Å². The van der Waals surface area contributed by atoms with Gasteiger partial charge in [-0.15, -0.1) is 0 Å². The molecule has 98 valence electrons. The van der Waals surface area contributed by atoms with Crippen LogP contribution in [0.25, 0.3) is 0 Å². The van der Waals surface area contributed by atoms with Crippen molar-refractivity contribution in [1.82, 2.24) is 19.4 Å². The van der Waals surface area contributed by atoms with Crippen LogP contribution in [0.4, 0.5) is 0 Å². The molecule has 0 unspecified atom stereocenters. The van der Waals surface area contributed by atoms with Gasteiger partial charge in [0.15, 0.2) is 0 Å². The Morgan fingerprint density at radius 1 is 1.22 bits per heavy atom. The topological polar surface area (TPSA) is 109 Å². The number of hydrogen-bond acceptors (Lipinski definition) is 5. The summed E-state index contributed by atoms with van der Waals surface area (Å²) in [6, 6.07) is 1.57. The highest BCUT2D eigenvalue weighted by atomic mass is 32.2. The van der Waals surface area contributed by atoms with Crippen LogP contribution in [0.5, 0.6) is 0 Å². The van der Waals surface area contributed by atoms with E-state index in [4.69, 9.17) is 5.14 Å². The van der Waals surface area contributed by atoms with E-state index in [-0.39, 0.29) is 19.0 Å². The molecule has 0 saturated carbocycles. The van der Waals surface area contributed by atoms with Gasteiger partial charge >= 0.3 is 0 Å². The zero-order valence-electron chi connectivity index (χ0n) is 9.56. The fourth-order valence-electron chi connectivity index (χ4n) is 1.75. The van der Waals surface area contributed by atoms with Crippen molar-refractivity contribution in [1.29, 1.82) is 0 Å². The lowest BCUT2D eigenvalue weighted by atomic mass is 10.2. The number of piperazine rings is 1. The lowest BCUT2D eigenvalue weighted by molar-refractivity contribution is 0.0697. The van der Waals surface area contributed by atoms with Crippen molar-refractivity contribution >= 4 is 16.1 Å². The van der Waals surface area contributed by atoms with E-state index < -0.39 is 10.2 Å². The van der Waals surface area contributed by atoms with E-state index in [0.29, 0.717) is 18.7 Å². The van der Waals surface area contributed by atoms with Crippen molar-refractivity contribution < 1.29 is 13.2 Å². The number of carbonyl (C=O) groups excluding carboxylic acids is 1. The number of aromatic nitrogens is 2. The molecule has 8 nitrogen and oxygen atoms in total. The molecule has 2 N–H and O–H groups in total. The SMILES string of the molecule is NS(=O)(=O)N1CCN(C(=O)c2ccnnc2)CC1. The Bertz CT molecular complexity index is 524. The molecule has 1 amide bonds. The van der Waals surface area contributed by atoms with Crippen molar-refractivity contribution in [2.45, 2.75) is 0 Å². The Morgan fingerprint density at radius 2 is 1.89 bits per heavy atom. The van der Waals surface area contributed by atoms with Gasteiger partial charge in [-0.2, -0.15) is 22.9 Å². The largest absolute Gasteiger partial charge is 0.336 e. The van der Waals surface area contributed by atoms with Crippen LogP contribution in [0.15, 0.2) is 18.5 Å². The number of nitrogens with zero attached hydrogens (tertiary/aromatic N) is 4. The summed E-state index contributed by atoms with van der Waals surface area (Å²) in [6.45, 7) is 1.06. The van der Waals surface area contributed by atoms with Crippen molar-refractivity contribution in [2.75, 3.05) is 26.2 Å².